The topological polar surface area (TPSA) is 83.8 Å². The van der Waals surface area contributed by atoms with E-state index in [0.717, 1.165) is 44.2 Å². The summed E-state index contributed by atoms with van der Waals surface area (Å²) in [5.41, 5.74) is 7.16. The number of hydrogen-bond acceptors (Lipinski definition) is 3. The van der Waals surface area contributed by atoms with Gasteiger partial charge in [0, 0.05) is 17.8 Å². The number of nitrogens with zero attached hydrogens (tertiary/aromatic N) is 1. The monoisotopic (exact) mass is 264 g/mol. The van der Waals surface area contributed by atoms with Crippen molar-refractivity contribution in [2.45, 2.75) is 57.9 Å². The standard InChI is InChI=1S/C14H24N4O/c1-2-6-10-9-13(18-17-10)16-14(19)11-7-4-3-5-8-12(11)15/h9,11-12H,2-8,15H2,1H3,(H2,16,17,18,19). The molecular formula is C14H24N4O. The molecule has 0 aromatic carbocycles. The second-order valence-electron chi connectivity index (χ2n) is 5.43. The van der Waals surface area contributed by atoms with E-state index in [0.29, 0.717) is 5.82 Å². The average molecular weight is 264 g/mol. The van der Waals surface area contributed by atoms with Crippen molar-refractivity contribution in [1.82, 2.24) is 10.2 Å². The third-order valence-corrected chi connectivity index (χ3v) is 3.81. The van der Waals surface area contributed by atoms with Gasteiger partial charge < -0.3 is 11.1 Å². The number of nitrogens with two attached hydrogens (primary N) is 1. The summed E-state index contributed by atoms with van der Waals surface area (Å²) < 4.78 is 0. The molecule has 0 spiro atoms. The number of aromatic amines is 1. The molecule has 1 aliphatic carbocycles. The molecule has 2 rings (SSSR count). The summed E-state index contributed by atoms with van der Waals surface area (Å²) in [6.45, 7) is 2.11. The van der Waals surface area contributed by atoms with Gasteiger partial charge in [-0.05, 0) is 19.3 Å². The molecule has 1 aliphatic rings. The van der Waals surface area contributed by atoms with E-state index in [9.17, 15) is 4.79 Å². The summed E-state index contributed by atoms with van der Waals surface area (Å²) in [6, 6.07) is 1.89. The number of amides is 1. The Labute approximate surface area is 114 Å². The molecule has 2 unspecified atom stereocenters. The van der Waals surface area contributed by atoms with E-state index < -0.39 is 0 Å². The first-order valence-corrected chi connectivity index (χ1v) is 7.31. The number of rotatable bonds is 4. The molecule has 5 heteroatoms. The molecule has 106 valence electrons. The molecular weight excluding hydrogens is 240 g/mol. The molecule has 0 radical (unpaired) electrons. The molecule has 19 heavy (non-hydrogen) atoms. The van der Waals surface area contributed by atoms with Crippen LogP contribution in [0.3, 0.4) is 0 Å². The van der Waals surface area contributed by atoms with Gasteiger partial charge in [0.15, 0.2) is 5.82 Å². The Bertz CT molecular complexity index is 415. The Hall–Kier alpha value is -1.36. The fraction of sp³-hybridized carbons (Fsp3) is 0.714. The average Bonchev–Trinajstić information content (AvgIpc) is 2.69. The van der Waals surface area contributed by atoms with Crippen LogP contribution in [0.5, 0.6) is 0 Å². The van der Waals surface area contributed by atoms with Crippen molar-refractivity contribution >= 4 is 11.7 Å². The summed E-state index contributed by atoms with van der Waals surface area (Å²) in [5.74, 6) is 0.558. The molecule has 0 aliphatic heterocycles. The maximum atomic E-state index is 12.3. The molecule has 1 aromatic rings. The van der Waals surface area contributed by atoms with Gasteiger partial charge in [-0.3, -0.25) is 9.89 Å². The number of carbonyl (C=O) groups excluding carboxylic acids is 1. The van der Waals surface area contributed by atoms with Crippen LogP contribution in [-0.2, 0) is 11.2 Å². The zero-order valence-electron chi connectivity index (χ0n) is 11.6. The van der Waals surface area contributed by atoms with Gasteiger partial charge in [-0.15, -0.1) is 0 Å². The van der Waals surface area contributed by atoms with Crippen LogP contribution in [0.25, 0.3) is 0 Å². The summed E-state index contributed by atoms with van der Waals surface area (Å²) >= 11 is 0. The first-order chi connectivity index (χ1) is 9.20. The van der Waals surface area contributed by atoms with E-state index >= 15 is 0 Å². The van der Waals surface area contributed by atoms with E-state index in [1.807, 2.05) is 6.07 Å². The number of carbonyl (C=O) groups is 1. The lowest BCUT2D eigenvalue weighted by atomic mass is 9.94. The second-order valence-corrected chi connectivity index (χ2v) is 5.43. The van der Waals surface area contributed by atoms with E-state index in [4.69, 9.17) is 5.73 Å². The van der Waals surface area contributed by atoms with Gasteiger partial charge in [0.05, 0.1) is 5.92 Å². The van der Waals surface area contributed by atoms with Crippen LogP contribution in [0.2, 0.25) is 0 Å². The highest BCUT2D eigenvalue weighted by atomic mass is 16.2. The Kier molecular flexibility index (Phi) is 4.96. The van der Waals surface area contributed by atoms with Crippen LogP contribution in [0.1, 0.15) is 51.1 Å². The predicted octanol–water partition coefficient (Wildman–Crippen LogP) is 2.21. The lowest BCUT2D eigenvalue weighted by molar-refractivity contribution is -0.120. The highest BCUT2D eigenvalue weighted by Gasteiger charge is 2.27. The number of H-pyrrole nitrogens is 1. The van der Waals surface area contributed by atoms with Crippen LogP contribution < -0.4 is 11.1 Å². The van der Waals surface area contributed by atoms with Gasteiger partial charge in [-0.1, -0.05) is 32.6 Å². The third kappa shape index (κ3) is 3.80. The summed E-state index contributed by atoms with van der Waals surface area (Å²) in [5, 5.41) is 9.95. The van der Waals surface area contributed by atoms with Crippen molar-refractivity contribution < 1.29 is 4.79 Å². The Balaban J connectivity index is 1.94. The van der Waals surface area contributed by atoms with Crippen LogP contribution in [0.4, 0.5) is 5.82 Å². The van der Waals surface area contributed by atoms with Gasteiger partial charge in [0.1, 0.15) is 0 Å². The maximum Gasteiger partial charge on any atom is 0.230 e. The van der Waals surface area contributed by atoms with Crippen molar-refractivity contribution in [3.05, 3.63) is 11.8 Å². The Morgan fingerprint density at radius 1 is 1.47 bits per heavy atom. The van der Waals surface area contributed by atoms with E-state index in [1.54, 1.807) is 0 Å². The Morgan fingerprint density at radius 2 is 2.26 bits per heavy atom. The summed E-state index contributed by atoms with van der Waals surface area (Å²) in [4.78, 5) is 12.3. The van der Waals surface area contributed by atoms with Gasteiger partial charge in [-0.2, -0.15) is 5.10 Å². The zero-order chi connectivity index (χ0) is 13.7. The number of aromatic nitrogens is 2. The first-order valence-electron chi connectivity index (χ1n) is 7.31. The molecule has 1 fully saturated rings. The van der Waals surface area contributed by atoms with Gasteiger partial charge in [-0.25, -0.2) is 0 Å². The minimum atomic E-state index is -0.0752. The van der Waals surface area contributed by atoms with Crippen LogP contribution >= 0.6 is 0 Å². The Morgan fingerprint density at radius 3 is 3.05 bits per heavy atom. The highest BCUT2D eigenvalue weighted by molar-refractivity contribution is 5.92. The van der Waals surface area contributed by atoms with Crippen LogP contribution in [0, 0.1) is 5.92 Å². The zero-order valence-corrected chi connectivity index (χ0v) is 11.6. The van der Waals surface area contributed by atoms with Gasteiger partial charge in [0.2, 0.25) is 5.91 Å². The fourth-order valence-corrected chi connectivity index (χ4v) is 2.70. The quantitative estimate of drug-likeness (QED) is 0.729. The number of nitrogens with one attached hydrogen (secondary N) is 2. The normalized spacial score (nSPS) is 23.9. The van der Waals surface area contributed by atoms with Crippen molar-refractivity contribution in [3.8, 4) is 0 Å². The number of anilines is 1. The van der Waals surface area contributed by atoms with E-state index in [1.165, 1.54) is 6.42 Å². The summed E-state index contributed by atoms with van der Waals surface area (Å²) in [6.07, 6.45) is 7.25. The minimum Gasteiger partial charge on any atom is -0.327 e. The van der Waals surface area contributed by atoms with E-state index in [2.05, 4.69) is 22.4 Å². The van der Waals surface area contributed by atoms with Crippen LogP contribution in [0.15, 0.2) is 6.07 Å². The molecule has 0 saturated heterocycles. The molecule has 5 nitrogen and oxygen atoms in total. The SMILES string of the molecule is CCCc1cc(NC(=O)C2CCCCCC2N)n[nH]1. The van der Waals surface area contributed by atoms with Crippen molar-refractivity contribution in [3.63, 3.8) is 0 Å². The highest BCUT2D eigenvalue weighted by Crippen LogP contribution is 2.23. The molecule has 1 aromatic heterocycles. The minimum absolute atomic E-state index is 0.0171. The van der Waals surface area contributed by atoms with Gasteiger partial charge in [0.25, 0.3) is 0 Å². The van der Waals surface area contributed by atoms with Crippen molar-refractivity contribution in [1.29, 1.82) is 0 Å². The molecule has 1 heterocycles. The lowest BCUT2D eigenvalue weighted by Gasteiger charge is -2.19. The molecule has 4 N–H and O–H groups in total. The number of aryl methyl sites for hydroxylation is 1. The molecule has 1 amide bonds. The fourth-order valence-electron chi connectivity index (χ4n) is 2.70. The lowest BCUT2D eigenvalue weighted by Crippen LogP contribution is -2.37. The summed E-state index contributed by atoms with van der Waals surface area (Å²) in [7, 11) is 0. The van der Waals surface area contributed by atoms with Gasteiger partial charge >= 0.3 is 0 Å². The van der Waals surface area contributed by atoms with Crippen LogP contribution in [-0.4, -0.2) is 22.1 Å². The number of hydrogen-bond donors (Lipinski definition) is 3. The molecule has 1 saturated carbocycles. The van der Waals surface area contributed by atoms with Crippen molar-refractivity contribution in [2.24, 2.45) is 11.7 Å². The molecule has 2 atom stereocenters. The van der Waals surface area contributed by atoms with Crippen molar-refractivity contribution in [2.75, 3.05) is 5.32 Å². The first kappa shape index (κ1) is 14.1. The van der Waals surface area contributed by atoms with E-state index in [-0.39, 0.29) is 17.9 Å². The third-order valence-electron chi connectivity index (χ3n) is 3.81. The second kappa shape index (κ2) is 6.70. The maximum absolute atomic E-state index is 12.3. The smallest absolute Gasteiger partial charge is 0.230 e. The largest absolute Gasteiger partial charge is 0.327 e. The molecule has 0 bridgehead atoms. The predicted molar refractivity (Wildman–Crippen MR) is 75.8 cm³/mol.